The maximum Gasteiger partial charge on any atom is 0.330 e. The lowest BCUT2D eigenvalue weighted by molar-refractivity contribution is -0.147. The second-order valence-electron chi connectivity index (χ2n) is 6.45. The molecular formula is C17H28N4O6. The lowest BCUT2D eigenvalue weighted by atomic mass is 10.2. The Morgan fingerprint density at radius 3 is 2.52 bits per heavy atom. The van der Waals surface area contributed by atoms with E-state index in [0.717, 1.165) is 4.90 Å². The Morgan fingerprint density at radius 1 is 1.30 bits per heavy atom. The van der Waals surface area contributed by atoms with Crippen LogP contribution < -0.4 is 21.9 Å². The van der Waals surface area contributed by atoms with Gasteiger partial charge in [-0.1, -0.05) is 20.8 Å². The number of aromatic amines is 1. The molecule has 0 aromatic carbocycles. The molecule has 0 saturated carbocycles. The number of rotatable bonds is 10. The summed E-state index contributed by atoms with van der Waals surface area (Å²) >= 11 is 0. The van der Waals surface area contributed by atoms with Gasteiger partial charge in [0.15, 0.2) is 12.3 Å². The number of nitrogens with zero attached hydrogens (tertiary/aromatic N) is 2. The summed E-state index contributed by atoms with van der Waals surface area (Å²) in [5.41, 5.74) is 4.45. The van der Waals surface area contributed by atoms with E-state index >= 15 is 0 Å². The van der Waals surface area contributed by atoms with Gasteiger partial charge in [0.25, 0.3) is 11.5 Å². The molecule has 0 aliphatic rings. The van der Waals surface area contributed by atoms with E-state index in [1.165, 1.54) is 11.7 Å². The van der Waals surface area contributed by atoms with Crippen LogP contribution in [0.1, 0.15) is 33.6 Å². The number of carbonyl (C=O) groups is 2. The van der Waals surface area contributed by atoms with Crippen molar-refractivity contribution in [2.75, 3.05) is 37.5 Å². The van der Waals surface area contributed by atoms with Gasteiger partial charge in [0.1, 0.15) is 5.82 Å². The molecule has 1 rings (SSSR count). The number of nitrogen functional groups attached to an aromatic ring is 1. The maximum atomic E-state index is 12.6. The zero-order chi connectivity index (χ0) is 20.6. The van der Waals surface area contributed by atoms with Crippen molar-refractivity contribution in [1.29, 1.82) is 0 Å². The van der Waals surface area contributed by atoms with Crippen LogP contribution >= 0.6 is 0 Å². The molecule has 0 saturated heterocycles. The molecule has 0 spiro atoms. The van der Waals surface area contributed by atoms with Crippen LogP contribution in [-0.2, 0) is 25.6 Å². The zero-order valence-corrected chi connectivity index (χ0v) is 16.2. The third-order valence-corrected chi connectivity index (χ3v) is 3.66. The second kappa shape index (κ2) is 10.5. The van der Waals surface area contributed by atoms with Gasteiger partial charge in [-0.05, 0) is 12.3 Å². The maximum absolute atomic E-state index is 12.6. The van der Waals surface area contributed by atoms with Crippen molar-refractivity contribution in [3.8, 4) is 0 Å². The van der Waals surface area contributed by atoms with Crippen molar-refractivity contribution in [2.45, 2.75) is 40.2 Å². The van der Waals surface area contributed by atoms with Crippen molar-refractivity contribution in [2.24, 2.45) is 5.92 Å². The molecule has 27 heavy (non-hydrogen) atoms. The second-order valence-corrected chi connectivity index (χ2v) is 6.45. The van der Waals surface area contributed by atoms with Gasteiger partial charge in [-0.2, -0.15) is 0 Å². The van der Waals surface area contributed by atoms with E-state index in [1.807, 2.05) is 20.8 Å². The number of carbonyl (C=O) groups excluding carboxylic acids is 2. The minimum absolute atomic E-state index is 0.00776. The Hall–Kier alpha value is -2.62. The first kappa shape index (κ1) is 22.4. The van der Waals surface area contributed by atoms with Gasteiger partial charge in [-0.15, -0.1) is 0 Å². The topological polar surface area (TPSA) is 137 Å². The number of nitrogens with two attached hydrogens (primary N) is 1. The number of hydrogen-bond donors (Lipinski definition) is 2. The largest absolute Gasteiger partial charge is 0.456 e. The average Bonchev–Trinajstić information content (AvgIpc) is 2.59. The number of anilines is 2. The SMILES string of the molecule is CCCC(=O)OCC(=O)N(CCOC)c1c(N)n(CC(C)C)c(=O)[nH]c1=O. The number of methoxy groups -OCH3 is 1. The number of hydrogen-bond acceptors (Lipinski definition) is 7. The van der Waals surface area contributed by atoms with Crippen LogP contribution in [-0.4, -0.2) is 48.3 Å². The number of aromatic nitrogens is 2. The van der Waals surface area contributed by atoms with Crippen molar-refractivity contribution in [1.82, 2.24) is 9.55 Å². The third-order valence-electron chi connectivity index (χ3n) is 3.66. The van der Waals surface area contributed by atoms with Crippen LogP contribution in [0.5, 0.6) is 0 Å². The highest BCUT2D eigenvalue weighted by molar-refractivity contribution is 5.97. The zero-order valence-electron chi connectivity index (χ0n) is 16.2. The number of H-pyrrole nitrogens is 1. The molecule has 10 heteroatoms. The van der Waals surface area contributed by atoms with Crippen molar-refractivity contribution < 1.29 is 19.1 Å². The van der Waals surface area contributed by atoms with Crippen LogP contribution in [0.4, 0.5) is 11.5 Å². The van der Waals surface area contributed by atoms with Crippen molar-refractivity contribution in [3.63, 3.8) is 0 Å². The highest BCUT2D eigenvalue weighted by Crippen LogP contribution is 2.18. The van der Waals surface area contributed by atoms with Gasteiger partial charge in [0.2, 0.25) is 0 Å². The van der Waals surface area contributed by atoms with Crippen LogP contribution in [0.25, 0.3) is 0 Å². The molecule has 10 nitrogen and oxygen atoms in total. The average molecular weight is 384 g/mol. The molecule has 1 aromatic heterocycles. The van der Waals surface area contributed by atoms with Crippen LogP contribution in [0.2, 0.25) is 0 Å². The Kier molecular flexibility index (Phi) is 8.73. The third kappa shape index (κ3) is 6.24. The first-order valence-corrected chi connectivity index (χ1v) is 8.80. The van der Waals surface area contributed by atoms with Gasteiger partial charge in [-0.3, -0.25) is 28.8 Å². The van der Waals surface area contributed by atoms with Gasteiger partial charge in [-0.25, -0.2) is 4.79 Å². The lowest BCUT2D eigenvalue weighted by Crippen LogP contribution is -2.44. The molecule has 1 aromatic rings. The Bertz CT molecular complexity index is 768. The molecule has 0 aliphatic heterocycles. The molecule has 1 heterocycles. The molecule has 0 aliphatic carbocycles. The van der Waals surface area contributed by atoms with Crippen LogP contribution in [0.15, 0.2) is 9.59 Å². The smallest absolute Gasteiger partial charge is 0.330 e. The fraction of sp³-hybridized carbons (Fsp3) is 0.647. The Labute approximate surface area is 157 Å². The molecule has 0 bridgehead atoms. The minimum Gasteiger partial charge on any atom is -0.456 e. The van der Waals surface area contributed by atoms with E-state index in [9.17, 15) is 19.2 Å². The summed E-state index contributed by atoms with van der Waals surface area (Å²) in [6.07, 6.45) is 0.778. The fourth-order valence-electron chi connectivity index (χ4n) is 2.42. The first-order valence-electron chi connectivity index (χ1n) is 8.80. The molecule has 3 N–H and O–H groups in total. The molecule has 0 radical (unpaired) electrons. The van der Waals surface area contributed by atoms with Crippen LogP contribution in [0.3, 0.4) is 0 Å². The van der Waals surface area contributed by atoms with E-state index in [1.54, 1.807) is 0 Å². The predicted molar refractivity (Wildman–Crippen MR) is 101 cm³/mol. The summed E-state index contributed by atoms with van der Waals surface area (Å²) in [7, 11) is 1.44. The Morgan fingerprint density at radius 2 is 1.96 bits per heavy atom. The van der Waals surface area contributed by atoms with Gasteiger partial charge in [0.05, 0.1) is 6.61 Å². The molecular weight excluding hydrogens is 356 g/mol. The lowest BCUT2D eigenvalue weighted by Gasteiger charge is -2.24. The standard InChI is InChI=1S/C17H28N4O6/c1-5-6-13(23)27-10-12(22)20(7-8-26-4)14-15(18)21(9-11(2)3)17(25)19-16(14)24/h11H,5-10,18H2,1-4H3,(H,19,24,25). The summed E-state index contributed by atoms with van der Waals surface area (Å²) in [6, 6.07) is 0. The summed E-state index contributed by atoms with van der Waals surface area (Å²) in [5.74, 6) is -1.18. The summed E-state index contributed by atoms with van der Waals surface area (Å²) in [4.78, 5) is 51.8. The van der Waals surface area contributed by atoms with Crippen molar-refractivity contribution in [3.05, 3.63) is 20.8 Å². The minimum atomic E-state index is -0.790. The number of esters is 1. The van der Waals surface area contributed by atoms with E-state index in [0.29, 0.717) is 6.42 Å². The number of amides is 1. The van der Waals surface area contributed by atoms with Crippen LogP contribution in [0, 0.1) is 5.92 Å². The fourth-order valence-corrected chi connectivity index (χ4v) is 2.42. The van der Waals surface area contributed by atoms with Gasteiger partial charge in [0, 0.05) is 26.6 Å². The molecule has 0 atom stereocenters. The van der Waals surface area contributed by atoms with Crippen molar-refractivity contribution >= 4 is 23.4 Å². The van der Waals surface area contributed by atoms with Gasteiger partial charge < -0.3 is 15.2 Å². The Balaban J connectivity index is 3.26. The summed E-state index contributed by atoms with van der Waals surface area (Å²) in [6.45, 7) is 5.45. The number of nitrogens with one attached hydrogen (secondary N) is 1. The molecule has 0 fully saturated rings. The van der Waals surface area contributed by atoms with Gasteiger partial charge >= 0.3 is 11.7 Å². The summed E-state index contributed by atoms with van der Waals surface area (Å²) < 4.78 is 11.1. The quantitative estimate of drug-likeness (QED) is 0.546. The highest BCUT2D eigenvalue weighted by Gasteiger charge is 2.25. The monoisotopic (exact) mass is 384 g/mol. The number of ether oxygens (including phenoxy) is 2. The van der Waals surface area contributed by atoms with E-state index < -0.39 is 29.7 Å². The molecule has 152 valence electrons. The molecule has 0 unspecified atom stereocenters. The molecule has 1 amide bonds. The predicted octanol–water partition coefficient (Wildman–Crippen LogP) is 0.0975. The first-order chi connectivity index (χ1) is 12.7. The van der Waals surface area contributed by atoms with E-state index in [2.05, 4.69) is 4.98 Å². The highest BCUT2D eigenvalue weighted by atomic mass is 16.5. The van der Waals surface area contributed by atoms with E-state index in [4.69, 9.17) is 15.2 Å². The summed E-state index contributed by atoms with van der Waals surface area (Å²) in [5, 5.41) is 0. The normalized spacial score (nSPS) is 10.9. The van der Waals surface area contributed by atoms with E-state index in [-0.39, 0.29) is 43.5 Å².